The molecule has 1 aromatic rings. The molecule has 2 aliphatic heterocycles. The molecule has 2 N–H and O–H groups in total. The molecule has 0 spiro atoms. The van der Waals surface area contributed by atoms with E-state index in [2.05, 4.69) is 85.4 Å². The van der Waals surface area contributed by atoms with Gasteiger partial charge < -0.3 is 15.4 Å². The Morgan fingerprint density at radius 2 is 1.72 bits per heavy atom. The largest absolute Gasteiger partial charge is 0.373 e. The van der Waals surface area contributed by atoms with Crippen molar-refractivity contribution in [3.8, 4) is 0 Å². The molecular formula is C25H44IN5O. The van der Waals surface area contributed by atoms with Gasteiger partial charge in [0.15, 0.2) is 5.96 Å². The van der Waals surface area contributed by atoms with Crippen LogP contribution in [0.3, 0.4) is 0 Å². The monoisotopic (exact) mass is 557 g/mol. The second-order valence-corrected chi connectivity index (χ2v) is 9.85. The van der Waals surface area contributed by atoms with Crippen LogP contribution in [0.5, 0.6) is 0 Å². The summed E-state index contributed by atoms with van der Waals surface area (Å²) in [5, 5.41) is 7.16. The molecule has 182 valence electrons. The molecule has 0 radical (unpaired) electrons. The molecule has 2 aliphatic rings. The summed E-state index contributed by atoms with van der Waals surface area (Å²) in [7, 11) is 0. The summed E-state index contributed by atoms with van der Waals surface area (Å²) in [6.07, 6.45) is 2.86. The summed E-state index contributed by atoms with van der Waals surface area (Å²) < 4.78 is 5.92. The smallest absolute Gasteiger partial charge is 0.191 e. The normalized spacial score (nSPS) is 24.1. The number of hydrogen-bond donors (Lipinski definition) is 2. The summed E-state index contributed by atoms with van der Waals surface area (Å²) >= 11 is 0. The van der Waals surface area contributed by atoms with Crippen LogP contribution in [0.1, 0.15) is 53.0 Å². The van der Waals surface area contributed by atoms with E-state index in [1.807, 2.05) is 0 Å². The van der Waals surface area contributed by atoms with Crippen molar-refractivity contribution in [2.24, 2.45) is 4.99 Å². The molecule has 2 unspecified atom stereocenters. The fraction of sp³-hybridized carbons (Fsp3) is 0.720. The van der Waals surface area contributed by atoms with E-state index >= 15 is 0 Å². The fourth-order valence-electron chi connectivity index (χ4n) is 4.64. The molecule has 1 aromatic carbocycles. The van der Waals surface area contributed by atoms with Gasteiger partial charge in [0.25, 0.3) is 0 Å². The first kappa shape index (κ1) is 27.3. The highest BCUT2D eigenvalue weighted by atomic mass is 127. The molecule has 32 heavy (non-hydrogen) atoms. The first-order valence-corrected chi connectivity index (χ1v) is 12.1. The lowest BCUT2D eigenvalue weighted by Gasteiger charge is -2.44. The first-order chi connectivity index (χ1) is 14.9. The van der Waals surface area contributed by atoms with E-state index in [1.54, 1.807) is 0 Å². The molecule has 6 nitrogen and oxygen atoms in total. The van der Waals surface area contributed by atoms with Gasteiger partial charge in [-0.2, -0.15) is 0 Å². The van der Waals surface area contributed by atoms with Gasteiger partial charge in [-0.3, -0.25) is 14.8 Å². The van der Waals surface area contributed by atoms with Gasteiger partial charge in [0.05, 0.1) is 18.8 Å². The van der Waals surface area contributed by atoms with Crippen LogP contribution in [-0.4, -0.2) is 78.8 Å². The van der Waals surface area contributed by atoms with Crippen molar-refractivity contribution in [1.29, 1.82) is 0 Å². The molecule has 0 amide bonds. The minimum absolute atomic E-state index is 0. The Labute approximate surface area is 212 Å². The molecule has 0 aromatic heterocycles. The van der Waals surface area contributed by atoms with Crippen molar-refractivity contribution >= 4 is 29.9 Å². The van der Waals surface area contributed by atoms with Crippen molar-refractivity contribution in [3.63, 3.8) is 0 Å². The third-order valence-corrected chi connectivity index (χ3v) is 6.42. The van der Waals surface area contributed by atoms with Crippen molar-refractivity contribution in [2.45, 2.75) is 77.8 Å². The SMILES string of the molecule is CCNC(=NCC(C)(C)N1CC(C)OC(C)C1)NC1CCN(Cc2ccccc2)CC1.I. The highest BCUT2D eigenvalue weighted by Crippen LogP contribution is 2.21. The van der Waals surface area contributed by atoms with Gasteiger partial charge in [0.2, 0.25) is 0 Å². The van der Waals surface area contributed by atoms with Gasteiger partial charge in [-0.25, -0.2) is 0 Å². The molecule has 2 atom stereocenters. The van der Waals surface area contributed by atoms with Crippen LogP contribution in [-0.2, 0) is 11.3 Å². The Bertz CT molecular complexity index is 681. The highest BCUT2D eigenvalue weighted by molar-refractivity contribution is 14.0. The second-order valence-electron chi connectivity index (χ2n) is 9.85. The summed E-state index contributed by atoms with van der Waals surface area (Å²) in [4.78, 5) is 10.1. The number of halogens is 1. The number of nitrogens with one attached hydrogen (secondary N) is 2. The molecule has 3 rings (SSSR count). The van der Waals surface area contributed by atoms with Crippen LogP contribution >= 0.6 is 24.0 Å². The Morgan fingerprint density at radius 3 is 2.31 bits per heavy atom. The fourth-order valence-corrected chi connectivity index (χ4v) is 4.64. The van der Waals surface area contributed by atoms with Crippen molar-refractivity contribution in [2.75, 3.05) is 39.3 Å². The van der Waals surface area contributed by atoms with E-state index in [0.717, 1.165) is 64.6 Å². The molecule has 2 heterocycles. The van der Waals surface area contributed by atoms with Gasteiger partial charge in [0, 0.05) is 50.8 Å². The third-order valence-electron chi connectivity index (χ3n) is 6.42. The second kappa shape index (κ2) is 13.1. The minimum Gasteiger partial charge on any atom is -0.373 e. The van der Waals surface area contributed by atoms with E-state index in [4.69, 9.17) is 9.73 Å². The highest BCUT2D eigenvalue weighted by Gasteiger charge is 2.33. The lowest BCUT2D eigenvalue weighted by atomic mass is 10.0. The zero-order valence-electron chi connectivity index (χ0n) is 20.6. The molecule has 0 saturated carbocycles. The van der Waals surface area contributed by atoms with Crippen molar-refractivity contribution in [1.82, 2.24) is 20.4 Å². The summed E-state index contributed by atoms with van der Waals surface area (Å²) in [6.45, 7) is 18.0. The van der Waals surface area contributed by atoms with E-state index < -0.39 is 0 Å². The van der Waals surface area contributed by atoms with E-state index in [1.165, 1.54) is 5.56 Å². The molecule has 0 aliphatic carbocycles. The van der Waals surface area contributed by atoms with Crippen LogP contribution in [0.15, 0.2) is 35.3 Å². The number of rotatable bonds is 7. The van der Waals surface area contributed by atoms with E-state index in [0.29, 0.717) is 6.04 Å². The van der Waals surface area contributed by atoms with Crippen molar-refractivity contribution < 1.29 is 4.74 Å². The molecule has 2 saturated heterocycles. The Hall–Kier alpha value is -0.900. The van der Waals surface area contributed by atoms with Gasteiger partial charge in [-0.1, -0.05) is 30.3 Å². The average Bonchev–Trinajstić information content (AvgIpc) is 2.74. The summed E-state index contributed by atoms with van der Waals surface area (Å²) in [5.41, 5.74) is 1.41. The average molecular weight is 558 g/mol. The molecule has 2 fully saturated rings. The first-order valence-electron chi connectivity index (χ1n) is 12.1. The zero-order chi connectivity index (χ0) is 22.3. The predicted octanol–water partition coefficient (Wildman–Crippen LogP) is 3.71. The Kier molecular flexibility index (Phi) is 11.2. The number of benzene rings is 1. The van der Waals surface area contributed by atoms with Crippen molar-refractivity contribution in [3.05, 3.63) is 35.9 Å². The number of likely N-dealkylation sites (tertiary alicyclic amines) is 1. The zero-order valence-corrected chi connectivity index (χ0v) is 23.0. The number of nitrogens with zero attached hydrogens (tertiary/aromatic N) is 3. The van der Waals surface area contributed by atoms with Gasteiger partial charge in [-0.15, -0.1) is 24.0 Å². The minimum atomic E-state index is 0. The maximum absolute atomic E-state index is 5.92. The topological polar surface area (TPSA) is 52.1 Å². The maximum atomic E-state index is 5.92. The van der Waals surface area contributed by atoms with Gasteiger partial charge in [-0.05, 0) is 53.0 Å². The number of morpholine rings is 1. The van der Waals surface area contributed by atoms with Gasteiger partial charge in [0.1, 0.15) is 0 Å². The lowest BCUT2D eigenvalue weighted by molar-refractivity contribution is -0.0939. The standard InChI is InChI=1S/C25H43N5O.HI/c1-6-26-24(27-19-25(4,5)30-16-20(2)31-21(3)17-30)28-23-12-14-29(15-13-23)18-22-10-8-7-9-11-22;/h7-11,20-21,23H,6,12-19H2,1-5H3,(H2,26,27,28);1H. The number of guanidine groups is 1. The van der Waals surface area contributed by atoms with E-state index in [-0.39, 0.29) is 41.7 Å². The van der Waals surface area contributed by atoms with E-state index in [9.17, 15) is 0 Å². The quantitative estimate of drug-likeness (QED) is 0.304. The van der Waals surface area contributed by atoms with Gasteiger partial charge >= 0.3 is 0 Å². The number of hydrogen-bond acceptors (Lipinski definition) is 4. The number of aliphatic imine (C=N–C) groups is 1. The number of ether oxygens (including phenoxy) is 1. The van der Waals surface area contributed by atoms with Crippen LogP contribution in [0, 0.1) is 0 Å². The Morgan fingerprint density at radius 1 is 1.09 bits per heavy atom. The van der Waals surface area contributed by atoms with Crippen LogP contribution < -0.4 is 10.6 Å². The summed E-state index contributed by atoms with van der Waals surface area (Å²) in [6, 6.07) is 11.3. The predicted molar refractivity (Wildman–Crippen MR) is 145 cm³/mol. The third kappa shape index (κ3) is 8.47. The lowest BCUT2D eigenvalue weighted by Crippen LogP contribution is -2.56. The molecular weight excluding hydrogens is 513 g/mol. The van der Waals surface area contributed by atoms with Crippen LogP contribution in [0.2, 0.25) is 0 Å². The van der Waals surface area contributed by atoms with Crippen LogP contribution in [0.25, 0.3) is 0 Å². The number of piperidine rings is 1. The Balaban J connectivity index is 0.00000363. The van der Waals surface area contributed by atoms with Crippen LogP contribution in [0.4, 0.5) is 0 Å². The maximum Gasteiger partial charge on any atom is 0.191 e. The summed E-state index contributed by atoms with van der Waals surface area (Å²) in [5.74, 6) is 0.950. The molecule has 7 heteroatoms. The molecule has 0 bridgehead atoms.